The number of hydrogen-bond acceptors (Lipinski definition) is 6. The molecule has 2 N–H and O–H groups in total. The van der Waals surface area contributed by atoms with Gasteiger partial charge in [0.15, 0.2) is 0 Å². The summed E-state index contributed by atoms with van der Waals surface area (Å²) in [5.74, 6) is 0.782. The van der Waals surface area contributed by atoms with Crippen molar-refractivity contribution in [2.24, 2.45) is 11.8 Å². The molecule has 0 aromatic heterocycles. The van der Waals surface area contributed by atoms with Crippen LogP contribution in [0.15, 0.2) is 18.2 Å². The summed E-state index contributed by atoms with van der Waals surface area (Å²) < 4.78 is 6.38. The number of carbonyl (C=O) groups excluding carboxylic acids is 3. The molecule has 3 fully saturated rings. The first kappa shape index (κ1) is 22.9. The highest BCUT2D eigenvalue weighted by atomic mass is 16.5. The van der Waals surface area contributed by atoms with E-state index < -0.39 is 11.9 Å². The van der Waals surface area contributed by atoms with Crippen LogP contribution in [0, 0.1) is 23.2 Å². The summed E-state index contributed by atoms with van der Waals surface area (Å²) in [6.07, 6.45) is 8.17. The zero-order valence-corrected chi connectivity index (χ0v) is 19.4. The third kappa shape index (κ3) is 4.67. The minimum Gasteiger partial charge on any atom is -0.489 e. The monoisotopic (exact) mass is 464 g/mol. The molecule has 2 aliphatic carbocycles. The van der Waals surface area contributed by atoms with Gasteiger partial charge in [-0.05, 0) is 87.6 Å². The van der Waals surface area contributed by atoms with Crippen molar-refractivity contribution in [3.63, 3.8) is 0 Å². The molecule has 3 atom stereocenters. The van der Waals surface area contributed by atoms with Gasteiger partial charge in [0.25, 0.3) is 5.91 Å². The standard InChI is InChI=1S/C26H32N4O4/c27-13-16-4-6-17(7-5-16)14-28-21-2-1-3-23(21)34-19-8-9-20-18(12-19)15-30(26(20)33)22-10-11-24(31)29-25(22)32/h8-9,12,16-17,21-23,28H,1-7,10-11,14-15H2,(H,29,31,32)/t16?,17?,21-,22?,23?/m0/s1. The Balaban J connectivity index is 1.18. The van der Waals surface area contributed by atoms with Gasteiger partial charge in [-0.1, -0.05) is 0 Å². The summed E-state index contributed by atoms with van der Waals surface area (Å²) in [6, 6.07) is 7.68. The first-order chi connectivity index (χ1) is 16.5. The molecule has 1 saturated heterocycles. The van der Waals surface area contributed by atoms with Gasteiger partial charge in [0, 0.05) is 30.5 Å². The first-order valence-corrected chi connectivity index (χ1v) is 12.6. The first-order valence-electron chi connectivity index (χ1n) is 12.6. The van der Waals surface area contributed by atoms with E-state index in [1.165, 1.54) is 0 Å². The van der Waals surface area contributed by atoms with Gasteiger partial charge in [0.1, 0.15) is 17.9 Å². The molecule has 4 aliphatic rings. The Kier molecular flexibility index (Phi) is 6.55. The molecule has 5 rings (SSSR count). The van der Waals surface area contributed by atoms with Gasteiger partial charge >= 0.3 is 0 Å². The number of fused-ring (bicyclic) bond motifs is 1. The molecule has 180 valence electrons. The second kappa shape index (κ2) is 9.75. The Morgan fingerprint density at radius 1 is 1.09 bits per heavy atom. The fourth-order valence-corrected chi connectivity index (χ4v) is 5.91. The highest BCUT2D eigenvalue weighted by molar-refractivity contribution is 6.05. The van der Waals surface area contributed by atoms with Gasteiger partial charge in [-0.25, -0.2) is 0 Å². The Hall–Kier alpha value is -2.92. The van der Waals surface area contributed by atoms with Crippen LogP contribution in [0.5, 0.6) is 5.75 Å². The molecule has 2 unspecified atom stereocenters. The summed E-state index contributed by atoms with van der Waals surface area (Å²) in [6.45, 7) is 1.33. The van der Waals surface area contributed by atoms with Crippen LogP contribution in [0.2, 0.25) is 0 Å². The van der Waals surface area contributed by atoms with E-state index in [0.29, 0.717) is 30.5 Å². The number of nitriles is 1. The fraction of sp³-hybridized carbons (Fsp3) is 0.615. The molecule has 0 spiro atoms. The van der Waals surface area contributed by atoms with Crippen molar-refractivity contribution in [3.05, 3.63) is 29.3 Å². The summed E-state index contributed by atoms with van der Waals surface area (Å²) >= 11 is 0. The Morgan fingerprint density at radius 3 is 2.68 bits per heavy atom. The molecule has 1 aromatic rings. The lowest BCUT2D eigenvalue weighted by Gasteiger charge is -2.29. The maximum atomic E-state index is 12.9. The smallest absolute Gasteiger partial charge is 0.255 e. The molecule has 2 saturated carbocycles. The molecular formula is C26H32N4O4. The number of nitrogens with one attached hydrogen (secondary N) is 2. The average molecular weight is 465 g/mol. The maximum Gasteiger partial charge on any atom is 0.255 e. The number of piperidine rings is 1. The molecule has 3 amide bonds. The van der Waals surface area contributed by atoms with Crippen molar-refractivity contribution in [2.45, 2.75) is 82.5 Å². The Bertz CT molecular complexity index is 1010. The van der Waals surface area contributed by atoms with Crippen molar-refractivity contribution in [3.8, 4) is 11.8 Å². The minimum atomic E-state index is -0.603. The van der Waals surface area contributed by atoms with Gasteiger partial charge in [0.2, 0.25) is 11.8 Å². The van der Waals surface area contributed by atoms with Crippen molar-refractivity contribution < 1.29 is 19.1 Å². The molecule has 2 aliphatic heterocycles. The van der Waals surface area contributed by atoms with Crippen molar-refractivity contribution in [1.82, 2.24) is 15.5 Å². The average Bonchev–Trinajstić information content (AvgIpc) is 3.41. The SMILES string of the molecule is N#CC1CCC(CN[C@H]2CCCC2Oc2ccc3c(c2)CN(C2CCC(=O)NC2=O)C3=O)CC1. The van der Waals surface area contributed by atoms with E-state index >= 15 is 0 Å². The number of ether oxygens (including phenoxy) is 1. The van der Waals surface area contributed by atoms with Crippen molar-refractivity contribution in [2.75, 3.05) is 6.54 Å². The van der Waals surface area contributed by atoms with E-state index in [0.717, 1.165) is 62.8 Å². The van der Waals surface area contributed by atoms with E-state index in [4.69, 9.17) is 10.00 Å². The lowest BCUT2D eigenvalue weighted by molar-refractivity contribution is -0.136. The van der Waals surface area contributed by atoms with Gasteiger partial charge in [-0.15, -0.1) is 0 Å². The predicted molar refractivity (Wildman–Crippen MR) is 124 cm³/mol. The van der Waals surface area contributed by atoms with Crippen LogP contribution in [-0.4, -0.2) is 47.4 Å². The van der Waals surface area contributed by atoms with E-state index in [1.54, 1.807) is 11.0 Å². The molecule has 34 heavy (non-hydrogen) atoms. The summed E-state index contributed by atoms with van der Waals surface area (Å²) in [4.78, 5) is 38.2. The van der Waals surface area contributed by atoms with E-state index in [2.05, 4.69) is 16.7 Å². The Labute approximate surface area is 200 Å². The second-order valence-electron chi connectivity index (χ2n) is 10.2. The van der Waals surface area contributed by atoms with Gasteiger partial charge in [-0.3, -0.25) is 19.7 Å². The van der Waals surface area contributed by atoms with Crippen LogP contribution in [-0.2, 0) is 16.1 Å². The van der Waals surface area contributed by atoms with Crippen LogP contribution >= 0.6 is 0 Å². The number of amides is 3. The third-order valence-corrected chi connectivity index (χ3v) is 7.93. The number of carbonyl (C=O) groups is 3. The van der Waals surface area contributed by atoms with Crippen LogP contribution < -0.4 is 15.4 Å². The highest BCUT2D eigenvalue weighted by Crippen LogP contribution is 2.33. The van der Waals surface area contributed by atoms with Gasteiger partial charge in [-0.2, -0.15) is 5.26 Å². The molecule has 8 nitrogen and oxygen atoms in total. The van der Waals surface area contributed by atoms with E-state index in [9.17, 15) is 14.4 Å². The molecule has 0 bridgehead atoms. The zero-order chi connectivity index (χ0) is 23.7. The highest BCUT2D eigenvalue weighted by Gasteiger charge is 2.39. The van der Waals surface area contributed by atoms with Crippen LogP contribution in [0.25, 0.3) is 0 Å². The maximum absolute atomic E-state index is 12.9. The van der Waals surface area contributed by atoms with Crippen LogP contribution in [0.3, 0.4) is 0 Å². The van der Waals surface area contributed by atoms with E-state index in [1.807, 2.05) is 12.1 Å². The third-order valence-electron chi connectivity index (χ3n) is 7.93. The normalized spacial score (nSPS) is 31.2. The predicted octanol–water partition coefficient (Wildman–Crippen LogP) is 2.67. The van der Waals surface area contributed by atoms with Crippen LogP contribution in [0.4, 0.5) is 0 Å². The summed E-state index contributed by atoms with van der Waals surface area (Å²) in [7, 11) is 0. The van der Waals surface area contributed by atoms with Gasteiger partial charge in [0.05, 0.1) is 6.07 Å². The van der Waals surface area contributed by atoms with Crippen molar-refractivity contribution >= 4 is 17.7 Å². The van der Waals surface area contributed by atoms with Crippen molar-refractivity contribution in [1.29, 1.82) is 5.26 Å². The van der Waals surface area contributed by atoms with E-state index in [-0.39, 0.29) is 30.3 Å². The van der Waals surface area contributed by atoms with Gasteiger partial charge < -0.3 is 15.0 Å². The van der Waals surface area contributed by atoms with Crippen LogP contribution in [0.1, 0.15) is 73.7 Å². The molecule has 8 heteroatoms. The number of hydrogen-bond donors (Lipinski definition) is 2. The molecule has 1 aromatic carbocycles. The number of benzene rings is 1. The lowest BCUT2D eigenvalue weighted by Crippen LogP contribution is -2.52. The number of rotatable bonds is 6. The minimum absolute atomic E-state index is 0.0943. The molecule has 2 heterocycles. The molecular weight excluding hydrogens is 432 g/mol. The fourth-order valence-electron chi connectivity index (χ4n) is 5.91. The largest absolute Gasteiger partial charge is 0.489 e. The number of nitrogens with zero attached hydrogens (tertiary/aromatic N) is 2. The molecule has 0 radical (unpaired) electrons. The Morgan fingerprint density at radius 2 is 1.91 bits per heavy atom. The number of imide groups is 1. The zero-order valence-electron chi connectivity index (χ0n) is 19.4. The lowest BCUT2D eigenvalue weighted by atomic mass is 9.82. The summed E-state index contributed by atoms with van der Waals surface area (Å²) in [5.41, 5.74) is 1.47. The summed E-state index contributed by atoms with van der Waals surface area (Å²) in [5, 5.41) is 15.2. The quantitative estimate of drug-likeness (QED) is 0.626. The second-order valence-corrected chi connectivity index (χ2v) is 10.2. The topological polar surface area (TPSA) is 112 Å².